The standard InChI is InChI=1S/C21H25N3O3S/c1-12(25)24-21-9-13-5-14(10-21)8-20(7-13,11-21)18(26)23-19-22-16-4-3-15(27-2)6-17(16)28-19/h3-4,6,13-14H,5,7-11H2,1-2H3,(H,24,25)(H,22,23,26)/t13-,14-,20?,21?/m1/s1. The third kappa shape index (κ3) is 2.87. The number of hydrogen-bond acceptors (Lipinski definition) is 5. The van der Waals surface area contributed by atoms with Crippen LogP contribution in [0.3, 0.4) is 0 Å². The van der Waals surface area contributed by atoms with Gasteiger partial charge >= 0.3 is 0 Å². The lowest BCUT2D eigenvalue weighted by Gasteiger charge is -2.61. The van der Waals surface area contributed by atoms with Gasteiger partial charge < -0.3 is 15.4 Å². The van der Waals surface area contributed by atoms with Gasteiger partial charge in [-0.1, -0.05) is 11.3 Å². The molecule has 7 heteroatoms. The average Bonchev–Trinajstić information content (AvgIpc) is 3.00. The van der Waals surface area contributed by atoms with Crippen LogP contribution < -0.4 is 15.4 Å². The van der Waals surface area contributed by atoms with Gasteiger partial charge in [-0.3, -0.25) is 9.59 Å². The van der Waals surface area contributed by atoms with Crippen molar-refractivity contribution in [3.8, 4) is 5.75 Å². The van der Waals surface area contributed by atoms with E-state index in [0.29, 0.717) is 17.0 Å². The molecule has 0 radical (unpaired) electrons. The second kappa shape index (κ2) is 6.17. The van der Waals surface area contributed by atoms with Crippen molar-refractivity contribution >= 4 is 38.5 Å². The SMILES string of the molecule is COc1ccc2nc(NC(=O)C34C[C@H]5C[C@@H](CC(NC(C)=O)(C5)C3)C4)sc2c1. The van der Waals surface area contributed by atoms with Crippen LogP contribution in [0.4, 0.5) is 5.13 Å². The molecule has 2 N–H and O–H groups in total. The van der Waals surface area contributed by atoms with Gasteiger partial charge in [-0.2, -0.15) is 0 Å². The number of rotatable bonds is 4. The molecule has 4 aliphatic carbocycles. The van der Waals surface area contributed by atoms with E-state index in [1.54, 1.807) is 14.0 Å². The van der Waals surface area contributed by atoms with Gasteiger partial charge in [0, 0.05) is 12.5 Å². The minimum absolute atomic E-state index is 0.0117. The zero-order chi connectivity index (χ0) is 19.5. The van der Waals surface area contributed by atoms with E-state index in [1.165, 1.54) is 17.8 Å². The lowest BCUT2D eigenvalue weighted by atomic mass is 9.46. The van der Waals surface area contributed by atoms with Crippen molar-refractivity contribution in [3.05, 3.63) is 18.2 Å². The Kier molecular flexibility index (Phi) is 3.95. The van der Waals surface area contributed by atoms with E-state index in [-0.39, 0.29) is 22.8 Å². The number of carbonyl (C=O) groups is 2. The van der Waals surface area contributed by atoms with E-state index >= 15 is 0 Å². The maximum Gasteiger partial charge on any atom is 0.232 e. The Morgan fingerprint density at radius 2 is 1.96 bits per heavy atom. The number of hydrogen-bond donors (Lipinski definition) is 2. The molecular weight excluding hydrogens is 374 g/mol. The average molecular weight is 400 g/mol. The van der Waals surface area contributed by atoms with E-state index in [1.807, 2.05) is 18.2 Å². The van der Waals surface area contributed by atoms with Crippen molar-refractivity contribution < 1.29 is 14.3 Å². The second-order valence-corrected chi connectivity index (χ2v) is 10.0. The summed E-state index contributed by atoms with van der Waals surface area (Å²) in [6.45, 7) is 1.58. The first-order valence-corrected chi connectivity index (χ1v) is 10.8. The second-order valence-electron chi connectivity index (χ2n) is 9.01. The monoisotopic (exact) mass is 399 g/mol. The Bertz CT molecular complexity index is 955. The quantitative estimate of drug-likeness (QED) is 0.821. The van der Waals surface area contributed by atoms with Gasteiger partial charge in [0.2, 0.25) is 11.8 Å². The molecular formula is C21H25N3O3S. The first kappa shape index (κ1) is 17.9. The Morgan fingerprint density at radius 1 is 1.21 bits per heavy atom. The summed E-state index contributed by atoms with van der Waals surface area (Å²) in [5.41, 5.74) is 0.275. The number of anilines is 1. The van der Waals surface area contributed by atoms with Crippen LogP contribution in [0.5, 0.6) is 5.75 Å². The van der Waals surface area contributed by atoms with Gasteiger partial charge in [-0.05, 0) is 68.6 Å². The fourth-order valence-corrected chi connectivity index (χ4v) is 7.25. The van der Waals surface area contributed by atoms with Crippen LogP contribution >= 0.6 is 11.3 Å². The number of nitrogens with zero attached hydrogens (tertiary/aromatic N) is 1. The molecule has 4 saturated carbocycles. The van der Waals surface area contributed by atoms with Crippen LogP contribution in [0, 0.1) is 17.3 Å². The number of nitrogens with one attached hydrogen (secondary N) is 2. The lowest BCUT2D eigenvalue weighted by molar-refractivity contribution is -0.148. The van der Waals surface area contributed by atoms with E-state index in [4.69, 9.17) is 4.74 Å². The highest BCUT2D eigenvalue weighted by Gasteiger charge is 2.60. The van der Waals surface area contributed by atoms with Gasteiger partial charge in [0.25, 0.3) is 0 Å². The van der Waals surface area contributed by atoms with Gasteiger partial charge in [0.05, 0.1) is 22.7 Å². The molecule has 28 heavy (non-hydrogen) atoms. The molecule has 1 aromatic carbocycles. The van der Waals surface area contributed by atoms with Crippen molar-refractivity contribution in [2.75, 3.05) is 12.4 Å². The summed E-state index contributed by atoms with van der Waals surface area (Å²) in [5.74, 6) is 1.92. The predicted octanol–water partition coefficient (Wildman–Crippen LogP) is 3.72. The molecule has 0 aliphatic heterocycles. The Hall–Kier alpha value is -2.15. The molecule has 0 saturated heterocycles. The maximum absolute atomic E-state index is 13.4. The number of methoxy groups -OCH3 is 1. The number of benzene rings is 1. The lowest BCUT2D eigenvalue weighted by Crippen LogP contribution is -2.65. The number of amides is 2. The van der Waals surface area contributed by atoms with E-state index in [0.717, 1.165) is 48.1 Å². The Balaban J connectivity index is 1.41. The van der Waals surface area contributed by atoms with Gasteiger partial charge in [-0.25, -0.2) is 4.98 Å². The highest BCUT2D eigenvalue weighted by molar-refractivity contribution is 7.22. The minimum Gasteiger partial charge on any atom is -0.497 e. The molecule has 4 aliphatic rings. The first-order chi connectivity index (χ1) is 13.4. The number of fused-ring (bicyclic) bond motifs is 1. The van der Waals surface area contributed by atoms with Crippen LogP contribution in [0.15, 0.2) is 18.2 Å². The van der Waals surface area contributed by atoms with Gasteiger partial charge in [0.15, 0.2) is 5.13 Å². The molecule has 2 amide bonds. The summed E-state index contributed by atoms with van der Waals surface area (Å²) in [7, 11) is 1.64. The molecule has 6 nitrogen and oxygen atoms in total. The molecule has 4 fully saturated rings. The van der Waals surface area contributed by atoms with Crippen molar-refractivity contribution in [2.45, 2.75) is 51.0 Å². The van der Waals surface area contributed by atoms with Crippen LogP contribution in [-0.4, -0.2) is 29.4 Å². The molecule has 2 aromatic rings. The summed E-state index contributed by atoms with van der Waals surface area (Å²) in [6, 6.07) is 5.74. The molecule has 0 spiro atoms. The van der Waals surface area contributed by atoms with Gasteiger partial charge in [0.1, 0.15) is 5.75 Å². The van der Waals surface area contributed by atoms with E-state index in [2.05, 4.69) is 15.6 Å². The predicted molar refractivity (Wildman–Crippen MR) is 108 cm³/mol. The van der Waals surface area contributed by atoms with Crippen molar-refractivity contribution in [3.63, 3.8) is 0 Å². The summed E-state index contributed by atoms with van der Waals surface area (Å²) in [4.78, 5) is 29.8. The molecule has 1 heterocycles. The smallest absolute Gasteiger partial charge is 0.232 e. The van der Waals surface area contributed by atoms with Crippen LogP contribution in [0.1, 0.15) is 45.4 Å². The minimum atomic E-state index is -0.387. The topological polar surface area (TPSA) is 80.3 Å². The van der Waals surface area contributed by atoms with E-state index < -0.39 is 0 Å². The summed E-state index contributed by atoms with van der Waals surface area (Å²) < 4.78 is 6.27. The summed E-state index contributed by atoms with van der Waals surface area (Å²) in [6.07, 6.45) is 5.82. The molecule has 4 bridgehead atoms. The molecule has 6 rings (SSSR count). The van der Waals surface area contributed by atoms with Crippen molar-refractivity contribution in [1.82, 2.24) is 10.3 Å². The number of aromatic nitrogens is 1. The number of carbonyl (C=O) groups excluding carboxylic acids is 2. The number of ether oxygens (including phenoxy) is 1. The molecule has 0 unspecified atom stereocenters. The van der Waals surface area contributed by atoms with E-state index in [9.17, 15) is 9.59 Å². The summed E-state index contributed by atoms with van der Waals surface area (Å²) >= 11 is 1.48. The fourth-order valence-electron chi connectivity index (χ4n) is 6.36. The van der Waals surface area contributed by atoms with Crippen LogP contribution in [0.2, 0.25) is 0 Å². The first-order valence-electron chi connectivity index (χ1n) is 9.93. The molecule has 2 atom stereocenters. The number of thiazole rings is 1. The normalized spacial score (nSPS) is 33.1. The van der Waals surface area contributed by atoms with Gasteiger partial charge in [-0.15, -0.1) is 0 Å². The third-order valence-electron chi connectivity index (χ3n) is 6.80. The molecule has 148 valence electrons. The zero-order valence-electron chi connectivity index (χ0n) is 16.2. The highest BCUT2D eigenvalue weighted by Crippen LogP contribution is 2.62. The van der Waals surface area contributed by atoms with Crippen molar-refractivity contribution in [1.29, 1.82) is 0 Å². The fraction of sp³-hybridized carbons (Fsp3) is 0.571. The van der Waals surface area contributed by atoms with Crippen LogP contribution in [-0.2, 0) is 9.59 Å². The summed E-state index contributed by atoms with van der Waals surface area (Å²) in [5, 5.41) is 6.97. The maximum atomic E-state index is 13.4. The van der Waals surface area contributed by atoms with Crippen LogP contribution in [0.25, 0.3) is 10.2 Å². The Morgan fingerprint density at radius 3 is 2.64 bits per heavy atom. The Labute approximate surface area is 168 Å². The van der Waals surface area contributed by atoms with Crippen molar-refractivity contribution in [2.24, 2.45) is 17.3 Å². The largest absolute Gasteiger partial charge is 0.497 e. The third-order valence-corrected chi connectivity index (χ3v) is 7.73. The highest BCUT2D eigenvalue weighted by atomic mass is 32.1. The zero-order valence-corrected chi connectivity index (χ0v) is 17.0. The molecule has 1 aromatic heterocycles.